The Bertz CT molecular complexity index is 847. The number of benzene rings is 1. The smallest absolute Gasteiger partial charge is 0.244 e. The maximum absolute atomic E-state index is 11.9. The van der Waals surface area contributed by atoms with Gasteiger partial charge in [0, 0.05) is 31.2 Å². The summed E-state index contributed by atoms with van der Waals surface area (Å²) in [7, 11) is 0. The Labute approximate surface area is 152 Å². The molecule has 0 aliphatic rings. The molecule has 1 amide bonds. The lowest BCUT2D eigenvalue weighted by Gasteiger charge is -2.07. The largest absolute Gasteiger partial charge is 0.487 e. The van der Waals surface area contributed by atoms with E-state index in [1.807, 2.05) is 54.6 Å². The molecule has 0 spiro atoms. The van der Waals surface area contributed by atoms with Crippen LogP contribution in [-0.4, -0.2) is 15.9 Å². The number of carbonyl (C=O) groups excluding carboxylic acids is 1. The standard InChI is InChI=1S/C21H19N3O2/c25-21(11-8-17-4-3-12-22-14-17)24-15-18-6-9-20(10-7-18)26-16-19-5-1-2-13-23-19/h1-14H,15-16H2,(H,24,25). The zero-order valence-electron chi connectivity index (χ0n) is 14.2. The van der Waals surface area contributed by atoms with Crippen LogP contribution in [0, 0.1) is 0 Å². The average Bonchev–Trinajstić information content (AvgIpc) is 2.71. The van der Waals surface area contributed by atoms with Crippen LogP contribution >= 0.6 is 0 Å². The second-order valence-electron chi connectivity index (χ2n) is 5.59. The van der Waals surface area contributed by atoms with Gasteiger partial charge < -0.3 is 10.1 Å². The summed E-state index contributed by atoms with van der Waals surface area (Å²) in [5.74, 6) is 0.617. The van der Waals surface area contributed by atoms with Crippen molar-refractivity contribution in [1.82, 2.24) is 15.3 Å². The Morgan fingerprint density at radius 1 is 1.04 bits per heavy atom. The molecule has 3 rings (SSSR count). The summed E-state index contributed by atoms with van der Waals surface area (Å²) in [6.07, 6.45) is 8.38. The number of hydrogen-bond acceptors (Lipinski definition) is 4. The van der Waals surface area contributed by atoms with E-state index in [-0.39, 0.29) is 5.91 Å². The molecule has 5 nitrogen and oxygen atoms in total. The number of amides is 1. The maximum atomic E-state index is 11.9. The molecule has 0 atom stereocenters. The van der Waals surface area contributed by atoms with Crippen LogP contribution in [0.5, 0.6) is 5.75 Å². The van der Waals surface area contributed by atoms with Crippen LogP contribution in [0.2, 0.25) is 0 Å². The van der Waals surface area contributed by atoms with Gasteiger partial charge in [-0.15, -0.1) is 0 Å². The van der Waals surface area contributed by atoms with Crippen LogP contribution < -0.4 is 10.1 Å². The minimum absolute atomic E-state index is 0.149. The van der Waals surface area contributed by atoms with Gasteiger partial charge >= 0.3 is 0 Å². The molecule has 1 aromatic carbocycles. The lowest BCUT2D eigenvalue weighted by atomic mass is 10.2. The van der Waals surface area contributed by atoms with Crippen LogP contribution in [0.4, 0.5) is 0 Å². The molecule has 0 fully saturated rings. The molecule has 130 valence electrons. The fourth-order valence-electron chi connectivity index (χ4n) is 2.24. The summed E-state index contributed by atoms with van der Waals surface area (Å²) in [5, 5.41) is 2.85. The zero-order valence-corrected chi connectivity index (χ0v) is 14.2. The molecule has 0 bridgehead atoms. The first kappa shape index (κ1) is 17.4. The van der Waals surface area contributed by atoms with E-state index < -0.39 is 0 Å². The third-order valence-electron chi connectivity index (χ3n) is 3.61. The van der Waals surface area contributed by atoms with Crippen LogP contribution in [0.25, 0.3) is 6.08 Å². The molecule has 2 aromatic heterocycles. The number of rotatable bonds is 7. The number of aromatic nitrogens is 2. The molecule has 26 heavy (non-hydrogen) atoms. The number of nitrogens with zero attached hydrogens (tertiary/aromatic N) is 2. The summed E-state index contributed by atoms with van der Waals surface area (Å²) >= 11 is 0. The minimum atomic E-state index is -0.149. The second kappa shape index (κ2) is 9.13. The fourth-order valence-corrected chi connectivity index (χ4v) is 2.24. The van der Waals surface area contributed by atoms with Crippen LogP contribution in [0.15, 0.2) is 79.3 Å². The van der Waals surface area contributed by atoms with Gasteiger partial charge in [-0.25, -0.2) is 0 Å². The molecular weight excluding hydrogens is 326 g/mol. The number of carbonyl (C=O) groups is 1. The van der Waals surface area contributed by atoms with Gasteiger partial charge in [-0.1, -0.05) is 24.3 Å². The predicted octanol–water partition coefficient (Wildman–Crippen LogP) is 3.39. The van der Waals surface area contributed by atoms with Crippen molar-refractivity contribution >= 4 is 12.0 Å². The topological polar surface area (TPSA) is 64.1 Å². The van der Waals surface area contributed by atoms with E-state index in [4.69, 9.17) is 4.74 Å². The highest BCUT2D eigenvalue weighted by Crippen LogP contribution is 2.13. The first-order valence-corrected chi connectivity index (χ1v) is 8.27. The number of pyridine rings is 2. The summed E-state index contributed by atoms with van der Waals surface area (Å²) < 4.78 is 5.69. The molecule has 2 heterocycles. The summed E-state index contributed by atoms with van der Waals surface area (Å²) in [5.41, 5.74) is 2.76. The molecule has 0 aliphatic carbocycles. The van der Waals surface area contributed by atoms with Gasteiger partial charge in [-0.3, -0.25) is 14.8 Å². The van der Waals surface area contributed by atoms with Crippen molar-refractivity contribution in [1.29, 1.82) is 0 Å². The molecule has 0 unspecified atom stereocenters. The van der Waals surface area contributed by atoms with E-state index in [1.165, 1.54) is 6.08 Å². The van der Waals surface area contributed by atoms with E-state index in [2.05, 4.69) is 15.3 Å². The van der Waals surface area contributed by atoms with Gasteiger partial charge in [0.05, 0.1) is 5.69 Å². The summed E-state index contributed by atoms with van der Waals surface area (Å²) in [6.45, 7) is 0.882. The molecule has 3 aromatic rings. The molecule has 1 N–H and O–H groups in total. The third-order valence-corrected chi connectivity index (χ3v) is 3.61. The van der Waals surface area contributed by atoms with Crippen molar-refractivity contribution < 1.29 is 9.53 Å². The van der Waals surface area contributed by atoms with Crippen molar-refractivity contribution in [2.75, 3.05) is 0 Å². The minimum Gasteiger partial charge on any atom is -0.487 e. The van der Waals surface area contributed by atoms with Crippen molar-refractivity contribution in [2.24, 2.45) is 0 Å². The molecule has 0 aliphatic heterocycles. The highest BCUT2D eigenvalue weighted by atomic mass is 16.5. The van der Waals surface area contributed by atoms with Crippen LogP contribution in [0.3, 0.4) is 0 Å². The summed E-state index contributed by atoms with van der Waals surface area (Å²) in [6, 6.07) is 17.1. The summed E-state index contributed by atoms with van der Waals surface area (Å²) in [4.78, 5) is 20.1. The third kappa shape index (κ3) is 5.56. The second-order valence-corrected chi connectivity index (χ2v) is 5.59. The average molecular weight is 345 g/mol. The van der Waals surface area contributed by atoms with Gasteiger partial charge in [0.1, 0.15) is 12.4 Å². The van der Waals surface area contributed by atoms with Crippen molar-refractivity contribution in [3.63, 3.8) is 0 Å². The number of hydrogen-bond donors (Lipinski definition) is 1. The van der Waals surface area contributed by atoms with Gasteiger partial charge in [-0.2, -0.15) is 0 Å². The lowest BCUT2D eigenvalue weighted by molar-refractivity contribution is -0.116. The van der Waals surface area contributed by atoms with E-state index in [0.717, 1.165) is 22.6 Å². The SMILES string of the molecule is O=C(C=Cc1cccnc1)NCc1ccc(OCc2ccccn2)cc1. The Kier molecular flexibility index (Phi) is 6.09. The van der Waals surface area contributed by atoms with Gasteiger partial charge in [-0.05, 0) is 47.5 Å². The highest BCUT2D eigenvalue weighted by molar-refractivity contribution is 5.91. The van der Waals surface area contributed by atoms with Crippen molar-refractivity contribution in [2.45, 2.75) is 13.2 Å². The van der Waals surface area contributed by atoms with Gasteiger partial charge in [0.25, 0.3) is 0 Å². The normalized spacial score (nSPS) is 10.6. The monoisotopic (exact) mass is 345 g/mol. The Morgan fingerprint density at radius 2 is 1.92 bits per heavy atom. The van der Waals surface area contributed by atoms with Crippen molar-refractivity contribution in [3.05, 3.63) is 96.1 Å². The quantitative estimate of drug-likeness (QED) is 0.667. The van der Waals surface area contributed by atoms with E-state index in [0.29, 0.717) is 13.2 Å². The number of ether oxygens (including phenoxy) is 1. The van der Waals surface area contributed by atoms with E-state index >= 15 is 0 Å². The molecular formula is C21H19N3O2. The predicted molar refractivity (Wildman–Crippen MR) is 100 cm³/mol. The van der Waals surface area contributed by atoms with Crippen LogP contribution in [0.1, 0.15) is 16.8 Å². The Hall–Kier alpha value is -3.47. The maximum Gasteiger partial charge on any atom is 0.244 e. The lowest BCUT2D eigenvalue weighted by Crippen LogP contribution is -2.20. The van der Waals surface area contributed by atoms with Gasteiger partial charge in [0.2, 0.25) is 5.91 Å². The molecule has 0 radical (unpaired) electrons. The fraction of sp³-hybridized carbons (Fsp3) is 0.0952. The first-order valence-electron chi connectivity index (χ1n) is 8.27. The van der Waals surface area contributed by atoms with E-state index in [1.54, 1.807) is 24.7 Å². The van der Waals surface area contributed by atoms with Crippen LogP contribution in [-0.2, 0) is 17.9 Å². The molecule has 5 heteroatoms. The Balaban J connectivity index is 1.45. The first-order chi connectivity index (χ1) is 12.8. The molecule has 0 saturated heterocycles. The zero-order chi connectivity index (χ0) is 18.0. The highest BCUT2D eigenvalue weighted by Gasteiger charge is 2.00. The molecule has 0 saturated carbocycles. The Morgan fingerprint density at radius 3 is 2.65 bits per heavy atom. The van der Waals surface area contributed by atoms with Gasteiger partial charge in [0.15, 0.2) is 0 Å². The number of nitrogens with one attached hydrogen (secondary N) is 1. The van der Waals surface area contributed by atoms with E-state index in [9.17, 15) is 4.79 Å². The van der Waals surface area contributed by atoms with Crippen molar-refractivity contribution in [3.8, 4) is 5.75 Å².